The van der Waals surface area contributed by atoms with Crippen molar-refractivity contribution in [2.75, 3.05) is 51.1 Å². The number of hydrogen-bond acceptors (Lipinski definition) is 5. The van der Waals surface area contributed by atoms with E-state index in [1.165, 1.54) is 0 Å². The van der Waals surface area contributed by atoms with Gasteiger partial charge in [-0.25, -0.2) is 0 Å². The van der Waals surface area contributed by atoms with Crippen molar-refractivity contribution in [3.05, 3.63) is 87.7 Å². The van der Waals surface area contributed by atoms with Gasteiger partial charge in [-0.15, -0.1) is 0 Å². The number of nitrogens with zero attached hydrogens (tertiary/aromatic N) is 3. The molecule has 0 spiro atoms. The van der Waals surface area contributed by atoms with E-state index in [0.29, 0.717) is 34.0 Å². The van der Waals surface area contributed by atoms with Gasteiger partial charge in [-0.1, -0.05) is 44.2 Å². The van der Waals surface area contributed by atoms with Crippen molar-refractivity contribution < 1.29 is 14.4 Å². The minimum atomic E-state index is -0.232. The SMILES string of the molecule is CC[C@@H](NC(=O)c1ccc2c(c1)C(=Cc1[nH]c(C)c(C(=O)N3CCC(N4CCN(CC)CC4)CC3)c1C)C(=O)N2)c1ccccc1. The smallest absolute Gasteiger partial charge is 0.256 e. The first kappa shape index (κ1) is 31.8. The van der Waals surface area contributed by atoms with Crippen LogP contribution in [0.3, 0.4) is 0 Å². The number of hydrogen-bond donors (Lipinski definition) is 3. The molecule has 0 bridgehead atoms. The molecule has 1 aromatic heterocycles. The number of piperazine rings is 1. The number of amides is 3. The average molecular weight is 623 g/mol. The van der Waals surface area contributed by atoms with Crippen LogP contribution in [-0.4, -0.2) is 89.3 Å². The summed E-state index contributed by atoms with van der Waals surface area (Å²) in [5, 5.41) is 6.07. The lowest BCUT2D eigenvalue weighted by molar-refractivity contribution is -0.110. The van der Waals surface area contributed by atoms with E-state index in [1.54, 1.807) is 18.2 Å². The molecule has 9 nitrogen and oxygen atoms in total. The Morgan fingerprint density at radius 1 is 0.978 bits per heavy atom. The topological polar surface area (TPSA) is 101 Å². The van der Waals surface area contributed by atoms with Crippen LogP contribution < -0.4 is 10.6 Å². The van der Waals surface area contributed by atoms with Gasteiger partial charge in [0, 0.05) is 73.5 Å². The summed E-state index contributed by atoms with van der Waals surface area (Å²) in [7, 11) is 0. The molecule has 0 unspecified atom stereocenters. The van der Waals surface area contributed by atoms with Crippen LogP contribution in [0.15, 0.2) is 48.5 Å². The average Bonchev–Trinajstić information content (AvgIpc) is 3.56. The number of fused-ring (bicyclic) bond motifs is 1. The van der Waals surface area contributed by atoms with Crippen LogP contribution >= 0.6 is 0 Å². The zero-order chi connectivity index (χ0) is 32.4. The molecule has 3 aromatic rings. The summed E-state index contributed by atoms with van der Waals surface area (Å²) in [4.78, 5) is 50.7. The molecular weight excluding hydrogens is 576 g/mol. The van der Waals surface area contributed by atoms with Crippen molar-refractivity contribution in [3.63, 3.8) is 0 Å². The van der Waals surface area contributed by atoms with E-state index in [4.69, 9.17) is 0 Å². The maximum atomic E-state index is 13.8. The number of aryl methyl sites for hydroxylation is 1. The first-order valence-corrected chi connectivity index (χ1v) is 16.8. The predicted molar refractivity (Wildman–Crippen MR) is 183 cm³/mol. The molecule has 0 aliphatic carbocycles. The fourth-order valence-corrected chi connectivity index (χ4v) is 7.24. The molecule has 2 saturated heterocycles. The molecule has 46 heavy (non-hydrogen) atoms. The van der Waals surface area contributed by atoms with Crippen molar-refractivity contribution in [1.82, 2.24) is 25.0 Å². The lowest BCUT2D eigenvalue weighted by Gasteiger charge is -2.42. The molecule has 1 atom stereocenters. The third-order valence-corrected chi connectivity index (χ3v) is 10.1. The Balaban J connectivity index is 1.17. The van der Waals surface area contributed by atoms with Gasteiger partial charge in [0.15, 0.2) is 0 Å². The van der Waals surface area contributed by atoms with Crippen LogP contribution in [0.25, 0.3) is 11.6 Å². The minimum absolute atomic E-state index is 0.0456. The molecule has 4 heterocycles. The predicted octanol–water partition coefficient (Wildman–Crippen LogP) is 5.25. The highest BCUT2D eigenvalue weighted by atomic mass is 16.2. The van der Waals surface area contributed by atoms with Gasteiger partial charge in [0.05, 0.1) is 17.2 Å². The second-order valence-corrected chi connectivity index (χ2v) is 12.8. The largest absolute Gasteiger partial charge is 0.358 e. The van der Waals surface area contributed by atoms with Gasteiger partial charge in [0.2, 0.25) is 0 Å². The summed E-state index contributed by atoms with van der Waals surface area (Å²) in [6.07, 6.45) is 4.55. The Bertz CT molecular complexity index is 1630. The molecule has 242 valence electrons. The first-order valence-electron chi connectivity index (χ1n) is 16.8. The molecule has 2 aromatic carbocycles. The second-order valence-electron chi connectivity index (χ2n) is 12.8. The van der Waals surface area contributed by atoms with Gasteiger partial charge < -0.3 is 25.4 Å². The maximum Gasteiger partial charge on any atom is 0.256 e. The number of H-pyrrole nitrogens is 1. The molecular formula is C37H46N6O3. The maximum absolute atomic E-state index is 13.8. The number of likely N-dealkylation sites (tertiary alicyclic amines) is 1. The van der Waals surface area contributed by atoms with E-state index in [-0.39, 0.29) is 23.8 Å². The molecule has 0 saturated carbocycles. The monoisotopic (exact) mass is 622 g/mol. The number of nitrogens with one attached hydrogen (secondary N) is 3. The Morgan fingerprint density at radius 3 is 2.37 bits per heavy atom. The summed E-state index contributed by atoms with van der Waals surface area (Å²) < 4.78 is 0. The van der Waals surface area contributed by atoms with Crippen LogP contribution in [0.1, 0.15) is 87.9 Å². The number of carbonyl (C=O) groups excluding carboxylic acids is 3. The highest BCUT2D eigenvalue weighted by Gasteiger charge is 2.32. The summed E-state index contributed by atoms with van der Waals surface area (Å²) in [5.74, 6) is -0.377. The van der Waals surface area contributed by atoms with Crippen molar-refractivity contribution in [2.45, 2.75) is 59.0 Å². The van der Waals surface area contributed by atoms with Gasteiger partial charge in [0.1, 0.15) is 0 Å². The number of aromatic nitrogens is 1. The lowest BCUT2D eigenvalue weighted by atomic mass is 9.99. The van der Waals surface area contributed by atoms with Gasteiger partial charge in [-0.2, -0.15) is 0 Å². The zero-order valence-electron chi connectivity index (χ0n) is 27.5. The third-order valence-electron chi connectivity index (χ3n) is 10.1. The Kier molecular flexibility index (Phi) is 9.42. The van der Waals surface area contributed by atoms with Crippen LogP contribution in [0.5, 0.6) is 0 Å². The molecule has 9 heteroatoms. The number of carbonyl (C=O) groups is 3. The number of aromatic amines is 1. The standard InChI is InChI=1S/C37H46N6O3/c1-5-31(26-10-8-7-9-11-26)39-35(44)27-12-13-32-29(22-27)30(36(45)40-32)23-33-24(3)34(25(4)38-33)37(46)43-16-14-28(15-17-43)42-20-18-41(6-2)19-21-42/h7-13,22-23,28,31,38H,5-6,14-21H2,1-4H3,(H,39,44)(H,40,45)/t31-/m1/s1. The first-order chi connectivity index (χ1) is 22.3. The van der Waals surface area contributed by atoms with Crippen LogP contribution in [0.2, 0.25) is 0 Å². The summed E-state index contributed by atoms with van der Waals surface area (Å²) in [5.41, 5.74) is 6.38. The van der Waals surface area contributed by atoms with E-state index >= 15 is 0 Å². The van der Waals surface area contributed by atoms with Crippen molar-refractivity contribution in [1.29, 1.82) is 0 Å². The van der Waals surface area contributed by atoms with E-state index in [0.717, 1.165) is 87.6 Å². The van der Waals surface area contributed by atoms with E-state index in [2.05, 4.69) is 32.3 Å². The summed E-state index contributed by atoms with van der Waals surface area (Å²) >= 11 is 0. The quantitative estimate of drug-likeness (QED) is 0.298. The summed E-state index contributed by atoms with van der Waals surface area (Å²) in [6.45, 7) is 15.2. The Morgan fingerprint density at radius 2 is 1.70 bits per heavy atom. The normalized spacial score (nSPS) is 19.3. The van der Waals surface area contributed by atoms with Crippen LogP contribution in [-0.2, 0) is 4.79 Å². The fraction of sp³-hybridized carbons (Fsp3) is 0.432. The van der Waals surface area contributed by atoms with E-state index in [9.17, 15) is 14.4 Å². The second kappa shape index (κ2) is 13.6. The number of benzene rings is 2. The van der Waals surface area contributed by atoms with Crippen molar-refractivity contribution >= 4 is 35.1 Å². The van der Waals surface area contributed by atoms with Gasteiger partial charge in [0.25, 0.3) is 17.7 Å². The van der Waals surface area contributed by atoms with E-state index < -0.39 is 0 Å². The zero-order valence-corrected chi connectivity index (χ0v) is 27.5. The minimum Gasteiger partial charge on any atom is -0.358 e. The Hall–Kier alpha value is -4.21. The Labute approximate surface area is 272 Å². The van der Waals surface area contributed by atoms with Crippen molar-refractivity contribution in [3.8, 4) is 0 Å². The molecule has 6 rings (SSSR count). The molecule has 0 radical (unpaired) electrons. The van der Waals surface area contributed by atoms with Crippen LogP contribution in [0.4, 0.5) is 5.69 Å². The van der Waals surface area contributed by atoms with Crippen molar-refractivity contribution in [2.24, 2.45) is 0 Å². The number of likely N-dealkylation sites (N-methyl/N-ethyl adjacent to an activating group) is 1. The fourth-order valence-electron chi connectivity index (χ4n) is 7.24. The van der Waals surface area contributed by atoms with Crippen LogP contribution in [0, 0.1) is 13.8 Å². The summed E-state index contributed by atoms with van der Waals surface area (Å²) in [6, 6.07) is 15.6. The molecule has 3 amide bonds. The highest BCUT2D eigenvalue weighted by molar-refractivity contribution is 6.35. The van der Waals surface area contributed by atoms with Gasteiger partial charge in [-0.3, -0.25) is 19.3 Å². The highest BCUT2D eigenvalue weighted by Crippen LogP contribution is 2.35. The number of anilines is 1. The number of rotatable bonds is 8. The molecule has 2 fully saturated rings. The molecule has 3 aliphatic heterocycles. The van der Waals surface area contributed by atoms with Gasteiger partial charge in [-0.05, 0) is 75.1 Å². The molecule has 3 aliphatic rings. The van der Waals surface area contributed by atoms with E-state index in [1.807, 2.05) is 62.1 Å². The lowest BCUT2D eigenvalue weighted by Crippen LogP contribution is -2.53. The van der Waals surface area contributed by atoms with Gasteiger partial charge >= 0.3 is 0 Å². The molecule has 3 N–H and O–H groups in total. The number of piperidine rings is 1. The third kappa shape index (κ3) is 6.39.